The highest BCUT2D eigenvalue weighted by molar-refractivity contribution is 6.16. The van der Waals surface area contributed by atoms with Crippen LogP contribution < -0.4 is 9.64 Å². The van der Waals surface area contributed by atoms with Crippen molar-refractivity contribution in [3.05, 3.63) is 207 Å². The molecule has 8 aromatic carbocycles. The molecule has 0 amide bonds. The van der Waals surface area contributed by atoms with Crippen molar-refractivity contribution < 1.29 is 4.74 Å². The molecule has 2 heterocycles. The maximum atomic E-state index is 7.80. The Bertz CT molecular complexity index is 2830. The predicted molar refractivity (Wildman–Crippen MR) is 234 cm³/mol. The van der Waals surface area contributed by atoms with Gasteiger partial charge in [-0.05, 0) is 125 Å². The molecule has 272 valence electrons. The van der Waals surface area contributed by atoms with E-state index in [0.717, 1.165) is 40.9 Å². The largest absolute Gasteiger partial charge is 0.472 e. The molecule has 1 unspecified atom stereocenters. The van der Waals surface area contributed by atoms with Crippen LogP contribution in [0, 0.1) is 20.8 Å². The highest BCUT2D eigenvalue weighted by atomic mass is 16.5. The number of piperidine rings is 1. The van der Waals surface area contributed by atoms with Gasteiger partial charge < -0.3 is 9.64 Å². The fraction of sp³-hybridized carbons (Fsp3) is 0.185. The van der Waals surface area contributed by atoms with E-state index in [0.29, 0.717) is 0 Å². The highest BCUT2D eigenvalue weighted by Gasteiger charge is 2.49. The van der Waals surface area contributed by atoms with Crippen molar-refractivity contribution in [2.45, 2.75) is 51.0 Å². The smallest absolute Gasteiger partial charge is 0.178 e. The quantitative estimate of drug-likeness (QED) is 0.164. The zero-order chi connectivity index (χ0) is 37.6. The average molecular weight is 724 g/mol. The van der Waals surface area contributed by atoms with Crippen LogP contribution >= 0.6 is 0 Å². The third-order valence-electron chi connectivity index (χ3n) is 13.2. The second kappa shape index (κ2) is 12.4. The second-order valence-corrected chi connectivity index (χ2v) is 16.5. The molecule has 1 saturated heterocycles. The molecule has 11 rings (SSSR count). The Hall–Kier alpha value is -6.12. The first kappa shape index (κ1) is 33.2. The van der Waals surface area contributed by atoms with Crippen LogP contribution in [0.1, 0.15) is 74.9 Å². The molecule has 1 aliphatic carbocycles. The van der Waals surface area contributed by atoms with Crippen molar-refractivity contribution in [2.24, 2.45) is 0 Å². The molecule has 8 aromatic rings. The Kier molecular flexibility index (Phi) is 7.39. The predicted octanol–water partition coefficient (Wildman–Crippen LogP) is 13.1. The van der Waals surface area contributed by atoms with E-state index in [-0.39, 0.29) is 0 Å². The van der Waals surface area contributed by atoms with E-state index in [1.54, 1.807) is 0 Å². The van der Waals surface area contributed by atoms with Crippen molar-refractivity contribution in [1.29, 1.82) is 0 Å². The first-order chi connectivity index (χ1) is 27.5. The van der Waals surface area contributed by atoms with Gasteiger partial charge in [-0.2, -0.15) is 0 Å². The molecule has 0 aromatic heterocycles. The van der Waals surface area contributed by atoms with Gasteiger partial charge in [-0.25, -0.2) is 0 Å². The lowest BCUT2D eigenvalue weighted by atomic mass is 9.64. The fourth-order valence-corrected chi connectivity index (χ4v) is 10.5. The molecule has 0 N–H and O–H groups in total. The molecule has 0 saturated carbocycles. The molecule has 56 heavy (non-hydrogen) atoms. The summed E-state index contributed by atoms with van der Waals surface area (Å²) in [4.78, 5) is 2.53. The molecule has 2 nitrogen and oxygen atoms in total. The summed E-state index contributed by atoms with van der Waals surface area (Å²) in [7, 11) is 0. The van der Waals surface area contributed by atoms with Crippen molar-refractivity contribution in [2.75, 3.05) is 18.0 Å². The SMILES string of the molecule is Cc1ccc(C)c(C2(c3cc4ccc(C)cc4c4c3C=CC(c3ccccc3)(c3ccc(N5CCCCC5)cc3)O4)c3cccc4ccc5cccc2c5c34)c1. The molecular formula is C54H45NO. The molecule has 1 fully saturated rings. The Morgan fingerprint density at radius 1 is 0.518 bits per heavy atom. The first-order valence-corrected chi connectivity index (χ1v) is 20.4. The summed E-state index contributed by atoms with van der Waals surface area (Å²) in [6, 6.07) is 54.8. The summed E-state index contributed by atoms with van der Waals surface area (Å²) >= 11 is 0. The van der Waals surface area contributed by atoms with Crippen LogP contribution in [0.3, 0.4) is 0 Å². The standard InChI is InChI=1S/C54H45NO/c1-35-19-21-40-34-49(54(48-33-36(2)18-20-37(48)3)46-16-10-12-38-22-23-39-13-11-17-47(54)51(39)50(38)46)44-28-29-53(41-14-6-4-7-15-41,56-52(44)45(40)32-35)42-24-26-43(27-25-42)55-30-8-5-9-31-55/h4,6-7,10-29,32-34H,5,8-9,30-31H2,1-3H3. The number of ether oxygens (including phenoxy) is 1. The molecule has 2 heteroatoms. The van der Waals surface area contributed by atoms with Gasteiger partial charge >= 0.3 is 0 Å². The van der Waals surface area contributed by atoms with E-state index in [1.807, 2.05) is 0 Å². The molecule has 1 atom stereocenters. The van der Waals surface area contributed by atoms with Gasteiger partial charge in [0.2, 0.25) is 0 Å². The monoisotopic (exact) mass is 723 g/mol. The topological polar surface area (TPSA) is 12.5 Å². The van der Waals surface area contributed by atoms with E-state index in [1.165, 1.54) is 90.8 Å². The number of hydrogen-bond donors (Lipinski definition) is 0. The van der Waals surface area contributed by atoms with E-state index in [4.69, 9.17) is 4.74 Å². The number of anilines is 1. The van der Waals surface area contributed by atoms with Gasteiger partial charge in [-0.1, -0.05) is 139 Å². The maximum Gasteiger partial charge on any atom is 0.178 e. The minimum Gasteiger partial charge on any atom is -0.472 e. The number of hydrogen-bond acceptors (Lipinski definition) is 2. The van der Waals surface area contributed by atoms with Crippen LogP contribution in [-0.2, 0) is 11.0 Å². The lowest BCUT2D eigenvalue weighted by Crippen LogP contribution is -2.36. The Morgan fingerprint density at radius 3 is 1.88 bits per heavy atom. The summed E-state index contributed by atoms with van der Waals surface area (Å²) in [6.07, 6.45) is 8.57. The summed E-state index contributed by atoms with van der Waals surface area (Å²) in [5.41, 5.74) is 12.3. The van der Waals surface area contributed by atoms with Crippen molar-refractivity contribution in [1.82, 2.24) is 0 Å². The molecule has 3 aliphatic rings. The van der Waals surface area contributed by atoms with E-state index in [2.05, 4.69) is 183 Å². The van der Waals surface area contributed by atoms with Crippen LogP contribution in [0.15, 0.2) is 152 Å². The van der Waals surface area contributed by atoms with Gasteiger partial charge in [0.1, 0.15) is 5.75 Å². The number of rotatable bonds is 5. The number of fused-ring (bicyclic) bond motifs is 3. The minimum absolute atomic E-state index is 0.585. The fourth-order valence-electron chi connectivity index (χ4n) is 10.5. The summed E-state index contributed by atoms with van der Waals surface area (Å²) in [5, 5.41) is 7.59. The van der Waals surface area contributed by atoms with Gasteiger partial charge in [-0.3, -0.25) is 0 Å². The second-order valence-electron chi connectivity index (χ2n) is 16.5. The normalized spacial score (nSPS) is 18.2. The highest BCUT2D eigenvalue weighted by Crippen LogP contribution is 2.60. The van der Waals surface area contributed by atoms with Crippen LogP contribution in [0.2, 0.25) is 0 Å². The minimum atomic E-state index is -0.824. The molecular weight excluding hydrogens is 679 g/mol. The third kappa shape index (κ3) is 4.68. The van der Waals surface area contributed by atoms with Crippen LogP contribution in [0.5, 0.6) is 5.75 Å². The van der Waals surface area contributed by atoms with Crippen molar-refractivity contribution >= 4 is 44.1 Å². The number of benzene rings is 8. The van der Waals surface area contributed by atoms with E-state index < -0.39 is 11.0 Å². The van der Waals surface area contributed by atoms with Gasteiger partial charge in [-0.15, -0.1) is 0 Å². The zero-order valence-corrected chi connectivity index (χ0v) is 32.4. The molecule has 0 radical (unpaired) electrons. The van der Waals surface area contributed by atoms with Gasteiger partial charge in [0.15, 0.2) is 5.60 Å². The summed E-state index contributed by atoms with van der Waals surface area (Å²) < 4.78 is 7.80. The average Bonchev–Trinajstić information content (AvgIpc) is 3.56. The number of aryl methyl sites for hydroxylation is 3. The van der Waals surface area contributed by atoms with Crippen molar-refractivity contribution in [3.8, 4) is 5.75 Å². The summed E-state index contributed by atoms with van der Waals surface area (Å²) in [5.74, 6) is 0.938. The maximum absolute atomic E-state index is 7.80. The Balaban J connectivity index is 1.23. The Labute approximate surface area is 329 Å². The van der Waals surface area contributed by atoms with Crippen LogP contribution in [0.25, 0.3) is 38.4 Å². The van der Waals surface area contributed by atoms with Crippen LogP contribution in [-0.4, -0.2) is 13.1 Å². The van der Waals surface area contributed by atoms with Gasteiger partial charge in [0.25, 0.3) is 0 Å². The third-order valence-corrected chi connectivity index (χ3v) is 13.2. The number of nitrogens with zero attached hydrogens (tertiary/aromatic N) is 1. The zero-order valence-electron chi connectivity index (χ0n) is 32.4. The molecule has 0 spiro atoms. The lowest BCUT2D eigenvalue weighted by molar-refractivity contribution is 0.163. The van der Waals surface area contributed by atoms with E-state index >= 15 is 0 Å². The summed E-state index contributed by atoms with van der Waals surface area (Å²) in [6.45, 7) is 8.95. The van der Waals surface area contributed by atoms with E-state index in [9.17, 15) is 0 Å². The van der Waals surface area contributed by atoms with Gasteiger partial charge in [0.05, 0.1) is 5.41 Å². The van der Waals surface area contributed by atoms with Crippen LogP contribution in [0.4, 0.5) is 5.69 Å². The lowest BCUT2D eigenvalue weighted by Gasteiger charge is -2.41. The molecule has 2 aliphatic heterocycles. The molecule has 0 bridgehead atoms. The van der Waals surface area contributed by atoms with Gasteiger partial charge in [0, 0.05) is 40.9 Å². The van der Waals surface area contributed by atoms with Crippen molar-refractivity contribution in [3.63, 3.8) is 0 Å². The first-order valence-electron chi connectivity index (χ1n) is 20.4. The Morgan fingerprint density at radius 2 is 1.16 bits per heavy atom.